The molecule has 372 valence electrons. The van der Waals surface area contributed by atoms with E-state index in [1.54, 1.807) is 41.9 Å². The molecule has 2 aliphatic rings. The second-order valence-electron chi connectivity index (χ2n) is 19.1. The Balaban J connectivity index is 0.000000145. The molecule has 14 aromatic rings. The molecule has 16 rings (SSSR count). The van der Waals surface area contributed by atoms with Crippen LogP contribution < -0.4 is 0 Å². The van der Waals surface area contributed by atoms with Crippen LogP contribution in [0.4, 0.5) is 15.9 Å². The van der Waals surface area contributed by atoms with Crippen molar-refractivity contribution in [3.05, 3.63) is 90.4 Å². The number of fused-ring (bicyclic) bond motifs is 17. The molecule has 4 unspecified atom stereocenters. The van der Waals surface area contributed by atoms with Gasteiger partial charge in [-0.15, -0.1) is 45.3 Å². The molecule has 0 amide bonds. The predicted octanol–water partition coefficient (Wildman–Crippen LogP) is 14.8. The number of carbonyl (C=O) groups is 2. The predicted molar refractivity (Wildman–Crippen MR) is 313 cm³/mol. The average molecular weight is 1140 g/mol. The molecule has 10 aromatic heterocycles. The first-order valence-electron chi connectivity index (χ1n) is 24.0. The zero-order valence-electron chi connectivity index (χ0n) is 40.1. The van der Waals surface area contributed by atoms with Gasteiger partial charge in [0.25, 0.3) is 5.82 Å². The van der Waals surface area contributed by atoms with Crippen LogP contribution in [0.15, 0.2) is 89.0 Å². The van der Waals surface area contributed by atoms with Gasteiger partial charge in [0.05, 0.1) is 81.7 Å². The Hall–Kier alpha value is -7.74. The maximum absolute atomic E-state index is 14.5. The third-order valence-electron chi connectivity index (χ3n) is 15.0. The molecule has 4 aromatic carbocycles. The number of ketones is 2. The van der Waals surface area contributed by atoms with Crippen molar-refractivity contribution in [3.8, 4) is 27.0 Å². The molecule has 0 saturated heterocycles. The number of alkyl halides is 1. The number of carbonyl (C=O) groups excluding carboxylic acids is 2. The van der Waals surface area contributed by atoms with Gasteiger partial charge in [-0.3, -0.25) is 9.59 Å². The highest BCUT2D eigenvalue weighted by Gasteiger charge is 2.51. The van der Waals surface area contributed by atoms with Gasteiger partial charge in [0.15, 0.2) is 22.8 Å². The van der Waals surface area contributed by atoms with E-state index in [1.165, 1.54) is 61.0 Å². The third kappa shape index (κ3) is 6.84. The molecular formula is C54H30FN13O2S7. The summed E-state index contributed by atoms with van der Waals surface area (Å²) < 4.78 is 54.1. The molecule has 23 heteroatoms. The summed E-state index contributed by atoms with van der Waals surface area (Å²) in [7, 11) is 4.23. The Morgan fingerprint density at radius 1 is 0.675 bits per heavy atom. The SMILES string of the molecule is CC1CC2C(=O)C(=Nc3cc4c(cc(-c5cc6c(s5)c5sc7ccccc7c5n6C)c5nsnc54)c4nsnc34)C(=O)C2CC1F.[C-]#[N+]C(C#N)=Nc1ncc(-c2cc3c(s2)c2sc4ccccc4c2n3C)c2nsnc12. The number of hydrogen-bond donors (Lipinski definition) is 0. The second-order valence-corrected chi connectivity index (χ2v) is 24.9. The summed E-state index contributed by atoms with van der Waals surface area (Å²) in [5.41, 5.74) is 10.8. The van der Waals surface area contributed by atoms with E-state index in [2.05, 4.69) is 127 Å². The summed E-state index contributed by atoms with van der Waals surface area (Å²) in [6.45, 7) is 8.84. The molecule has 10 heterocycles. The molecule has 0 spiro atoms. The van der Waals surface area contributed by atoms with Crippen LogP contribution in [0.3, 0.4) is 0 Å². The normalized spacial score (nSPS) is 18.7. The molecule has 77 heavy (non-hydrogen) atoms. The van der Waals surface area contributed by atoms with Crippen molar-refractivity contribution >= 4 is 220 Å². The van der Waals surface area contributed by atoms with Crippen molar-refractivity contribution in [1.29, 1.82) is 5.26 Å². The first-order valence-corrected chi connectivity index (χ1v) is 29.4. The van der Waals surface area contributed by atoms with E-state index in [4.69, 9.17) is 20.6 Å². The fourth-order valence-corrected chi connectivity index (χ4v) is 18.1. The first kappa shape index (κ1) is 46.6. The zero-order chi connectivity index (χ0) is 52.1. The molecule has 0 aliphatic heterocycles. The minimum absolute atomic E-state index is 0.0703. The van der Waals surface area contributed by atoms with Gasteiger partial charge < -0.3 is 14.0 Å². The van der Waals surface area contributed by atoms with E-state index in [-0.39, 0.29) is 41.3 Å². The van der Waals surface area contributed by atoms with Crippen LogP contribution in [0.5, 0.6) is 0 Å². The fourth-order valence-electron chi connectivity index (χ4n) is 11.3. The third-order valence-corrected chi connectivity index (χ3v) is 21.6. The number of pyridine rings is 1. The van der Waals surface area contributed by atoms with Gasteiger partial charge in [-0.2, -0.15) is 26.2 Å². The number of halogens is 1. The molecule has 2 saturated carbocycles. The summed E-state index contributed by atoms with van der Waals surface area (Å²) >= 11 is 10.4. The summed E-state index contributed by atoms with van der Waals surface area (Å²) in [5.74, 6) is -2.10. The smallest absolute Gasteiger partial charge is 0.351 e. The van der Waals surface area contributed by atoms with Crippen molar-refractivity contribution in [2.45, 2.75) is 25.9 Å². The lowest BCUT2D eigenvalue weighted by Gasteiger charge is -2.30. The van der Waals surface area contributed by atoms with E-state index in [0.29, 0.717) is 39.7 Å². The topological polar surface area (TPSA) is 187 Å². The number of nitrogens with zero attached hydrogens (tertiary/aromatic N) is 13. The molecule has 15 nitrogen and oxygen atoms in total. The molecular weight excluding hydrogens is 1110 g/mol. The van der Waals surface area contributed by atoms with Gasteiger partial charge in [0.2, 0.25) is 0 Å². The van der Waals surface area contributed by atoms with Crippen molar-refractivity contribution in [2.24, 2.45) is 41.8 Å². The Labute approximate surface area is 461 Å². The second kappa shape index (κ2) is 17.4. The monoisotopic (exact) mass is 1140 g/mol. The number of rotatable bonds is 4. The number of thiophene rings is 4. The molecule has 2 aliphatic carbocycles. The van der Waals surface area contributed by atoms with Crippen LogP contribution in [0.2, 0.25) is 0 Å². The number of benzene rings is 4. The van der Waals surface area contributed by atoms with Gasteiger partial charge in [0.1, 0.15) is 39.8 Å². The number of hydrogen-bond acceptors (Lipinski definition) is 19. The Kier molecular flexibility index (Phi) is 10.5. The average Bonchev–Trinajstić information content (AvgIpc) is 4.43. The van der Waals surface area contributed by atoms with E-state index >= 15 is 0 Å². The lowest BCUT2D eigenvalue weighted by atomic mass is 9.75. The first-order chi connectivity index (χ1) is 37.6. The lowest BCUT2D eigenvalue weighted by Crippen LogP contribution is -2.33. The number of Topliss-reactive ketones (excluding diaryl/α,β-unsaturated/α-hetero) is 2. The highest BCUT2D eigenvalue weighted by Crippen LogP contribution is 2.50. The van der Waals surface area contributed by atoms with E-state index < -0.39 is 18.0 Å². The number of aliphatic imine (C=N–C) groups is 2. The molecule has 0 radical (unpaired) electrons. The summed E-state index contributed by atoms with van der Waals surface area (Å²) in [4.78, 5) is 45.1. The van der Waals surface area contributed by atoms with Crippen molar-refractivity contribution in [2.75, 3.05) is 0 Å². The highest BCUT2D eigenvalue weighted by molar-refractivity contribution is 7.33. The van der Waals surface area contributed by atoms with Gasteiger partial charge in [0, 0.05) is 84.0 Å². The van der Waals surface area contributed by atoms with Crippen LogP contribution in [0.25, 0.3) is 131 Å². The molecule has 2 fully saturated rings. The number of nitriles is 1. The lowest BCUT2D eigenvalue weighted by molar-refractivity contribution is -0.122. The van der Waals surface area contributed by atoms with Crippen LogP contribution in [0.1, 0.15) is 19.8 Å². The van der Waals surface area contributed by atoms with Gasteiger partial charge in [-0.25, -0.2) is 19.6 Å². The van der Waals surface area contributed by atoms with Gasteiger partial charge in [-0.05, 0) is 55.2 Å². The van der Waals surface area contributed by atoms with Gasteiger partial charge in [-0.1, -0.05) is 54.9 Å². The Morgan fingerprint density at radius 2 is 1.21 bits per heavy atom. The van der Waals surface area contributed by atoms with E-state index in [1.807, 2.05) is 28.7 Å². The Bertz CT molecular complexity index is 5040. The number of aromatic nitrogens is 9. The van der Waals surface area contributed by atoms with Crippen molar-refractivity contribution in [1.82, 2.24) is 40.4 Å². The summed E-state index contributed by atoms with van der Waals surface area (Å²) in [5, 5.41) is 13.2. The number of aryl methyl sites for hydroxylation is 2. The standard InChI is InChI=1S/C33H21FN6O2S4.C21H9N7S3/c1-12-7-16-17(9-19(12)34)31(42)28(30(16)41)35-20-10-15-14(25-27(20)39-46-37-25)8-18(26-24(15)36-45-38-26)23-11-21-32(44-23)33-29(40(21)2)13-5-3-4-6-22(13)43-33;1-23-15(8-22)25-21-17-16(26-31-27-17)11(9-24-21)14-7-12-19(30-14)20-18(28(12)2)10-5-3-4-6-13(10)29-20/h3-6,8,10-12,16-17,19H,7,9H2,1-2H3;3-7,9H,2H3. The number of amidine groups is 1. The van der Waals surface area contributed by atoms with Crippen LogP contribution in [-0.4, -0.2) is 69.6 Å². The maximum Gasteiger partial charge on any atom is 0.351 e. The van der Waals surface area contributed by atoms with E-state index in [9.17, 15) is 14.0 Å². The van der Waals surface area contributed by atoms with Crippen LogP contribution in [0, 0.1) is 35.7 Å². The van der Waals surface area contributed by atoms with Crippen LogP contribution >= 0.6 is 80.5 Å². The van der Waals surface area contributed by atoms with E-state index in [0.717, 1.165) is 72.4 Å². The molecule has 4 atom stereocenters. The minimum Gasteiger partial charge on any atom is -0.351 e. The fraction of sp³-hybridized carbons (Fsp3) is 0.167. The summed E-state index contributed by atoms with van der Waals surface area (Å²) in [6, 6.07) is 27.1. The van der Waals surface area contributed by atoms with Crippen LogP contribution in [-0.2, 0) is 23.7 Å². The van der Waals surface area contributed by atoms with Crippen molar-refractivity contribution < 1.29 is 14.0 Å². The minimum atomic E-state index is -1.09. The molecule has 0 N–H and O–H groups in total. The quantitative estimate of drug-likeness (QED) is 0.0932. The zero-order valence-corrected chi connectivity index (χ0v) is 45.8. The largest absolute Gasteiger partial charge is 0.351 e. The Morgan fingerprint density at radius 3 is 1.83 bits per heavy atom. The maximum atomic E-state index is 14.5. The van der Waals surface area contributed by atoms with Gasteiger partial charge >= 0.3 is 5.84 Å². The highest BCUT2D eigenvalue weighted by atomic mass is 32.1. The summed E-state index contributed by atoms with van der Waals surface area (Å²) in [6.07, 6.45) is 1.04. The molecule has 0 bridgehead atoms. The van der Waals surface area contributed by atoms with Crippen molar-refractivity contribution in [3.63, 3.8) is 0 Å².